The molecule has 0 fully saturated rings. The van der Waals surface area contributed by atoms with Gasteiger partial charge in [0.2, 0.25) is 0 Å². The number of hydrogen-bond donors (Lipinski definition) is 2. The van der Waals surface area contributed by atoms with E-state index in [0.717, 1.165) is 19.3 Å². The van der Waals surface area contributed by atoms with E-state index in [9.17, 15) is 19.5 Å². The van der Waals surface area contributed by atoms with Crippen LogP contribution in [0, 0.1) is 0 Å². The number of aliphatic carboxylic acids is 3. The lowest BCUT2D eigenvalue weighted by atomic mass is 10.0. The largest absolute Gasteiger partial charge is 0.544 e. The van der Waals surface area contributed by atoms with Gasteiger partial charge in [-0.05, 0) is 12.8 Å². The van der Waals surface area contributed by atoms with Crippen LogP contribution in [0.15, 0.2) is 0 Å². The van der Waals surface area contributed by atoms with Crippen LogP contribution in [0.25, 0.3) is 0 Å². The van der Waals surface area contributed by atoms with E-state index in [1.165, 1.54) is 64.2 Å². The van der Waals surface area contributed by atoms with Crippen LogP contribution in [0.2, 0.25) is 0 Å². The highest BCUT2D eigenvalue weighted by atomic mass is 16.4. The van der Waals surface area contributed by atoms with Crippen LogP contribution in [-0.2, 0) is 14.4 Å². The van der Waals surface area contributed by atoms with Crippen molar-refractivity contribution >= 4 is 17.9 Å². The molecular formula is C22H41NO6. The third-order valence-electron chi connectivity index (χ3n) is 5.39. The molecule has 0 saturated carbocycles. The third-order valence-corrected chi connectivity index (χ3v) is 5.39. The third kappa shape index (κ3) is 17.0. The molecule has 0 aliphatic rings. The number of nitrogens with zero attached hydrogens (tertiary/aromatic N) is 1. The molecule has 0 aromatic heterocycles. The molecule has 0 spiro atoms. The molecule has 7 nitrogen and oxygen atoms in total. The van der Waals surface area contributed by atoms with Gasteiger partial charge in [-0.2, -0.15) is 0 Å². The Bertz CT molecular complexity index is 425. The van der Waals surface area contributed by atoms with E-state index in [0.29, 0.717) is 6.42 Å². The Kier molecular flexibility index (Phi) is 16.3. The molecule has 0 unspecified atom stereocenters. The zero-order valence-corrected chi connectivity index (χ0v) is 18.2. The minimum absolute atomic E-state index is 0.227. The van der Waals surface area contributed by atoms with Crippen molar-refractivity contribution in [3.8, 4) is 0 Å². The lowest BCUT2D eigenvalue weighted by Gasteiger charge is -2.36. The molecule has 0 amide bonds. The van der Waals surface area contributed by atoms with E-state index in [1.54, 1.807) is 0 Å². The van der Waals surface area contributed by atoms with E-state index in [1.807, 2.05) is 0 Å². The van der Waals surface area contributed by atoms with Crippen molar-refractivity contribution in [1.82, 2.24) is 0 Å². The molecule has 7 heteroatoms. The van der Waals surface area contributed by atoms with Gasteiger partial charge >= 0.3 is 11.9 Å². The highest BCUT2D eigenvalue weighted by Gasteiger charge is 2.33. The molecule has 0 radical (unpaired) electrons. The summed E-state index contributed by atoms with van der Waals surface area (Å²) < 4.78 is -0.495. The van der Waals surface area contributed by atoms with Crippen LogP contribution in [0.1, 0.15) is 96.8 Å². The Hall–Kier alpha value is -1.63. The molecular weight excluding hydrogens is 374 g/mol. The molecule has 0 aromatic rings. The molecule has 170 valence electrons. The van der Waals surface area contributed by atoms with Gasteiger partial charge < -0.3 is 24.6 Å². The van der Waals surface area contributed by atoms with E-state index < -0.39 is 42.0 Å². The maximum Gasteiger partial charge on any atom is 0.359 e. The van der Waals surface area contributed by atoms with Crippen LogP contribution in [0.3, 0.4) is 0 Å². The Morgan fingerprint density at radius 1 is 0.621 bits per heavy atom. The fourth-order valence-electron chi connectivity index (χ4n) is 3.89. The molecule has 2 N–H and O–H groups in total. The summed E-state index contributed by atoms with van der Waals surface area (Å²) in [7, 11) is 0. The fourth-order valence-corrected chi connectivity index (χ4v) is 3.89. The molecule has 0 rings (SSSR count). The minimum Gasteiger partial charge on any atom is -0.544 e. The molecule has 0 atom stereocenters. The molecule has 0 bridgehead atoms. The number of unbranched alkanes of at least 4 members (excludes halogenated alkanes) is 13. The first-order valence-corrected chi connectivity index (χ1v) is 11.3. The summed E-state index contributed by atoms with van der Waals surface area (Å²) >= 11 is 0. The Labute approximate surface area is 175 Å². The lowest BCUT2D eigenvalue weighted by molar-refractivity contribution is -0.909. The highest BCUT2D eigenvalue weighted by molar-refractivity contribution is 5.72. The van der Waals surface area contributed by atoms with Crippen molar-refractivity contribution in [3.05, 3.63) is 0 Å². The molecule has 0 saturated heterocycles. The highest BCUT2D eigenvalue weighted by Crippen LogP contribution is 2.15. The van der Waals surface area contributed by atoms with Crippen LogP contribution >= 0.6 is 0 Å². The van der Waals surface area contributed by atoms with E-state index in [2.05, 4.69) is 6.92 Å². The van der Waals surface area contributed by atoms with Gasteiger partial charge in [0.15, 0.2) is 13.1 Å². The monoisotopic (exact) mass is 415 g/mol. The molecule has 0 heterocycles. The maximum absolute atomic E-state index is 11.1. The summed E-state index contributed by atoms with van der Waals surface area (Å²) in [5.41, 5.74) is 0. The summed E-state index contributed by atoms with van der Waals surface area (Å²) in [5.74, 6) is -3.81. The van der Waals surface area contributed by atoms with E-state index in [-0.39, 0.29) is 6.54 Å². The second-order valence-electron chi connectivity index (χ2n) is 8.30. The molecule has 0 aliphatic heterocycles. The fraction of sp³-hybridized carbons (Fsp3) is 0.864. The van der Waals surface area contributed by atoms with Crippen molar-refractivity contribution in [1.29, 1.82) is 0 Å². The van der Waals surface area contributed by atoms with Crippen LogP contribution < -0.4 is 5.11 Å². The van der Waals surface area contributed by atoms with Crippen LogP contribution in [0.4, 0.5) is 0 Å². The van der Waals surface area contributed by atoms with E-state index >= 15 is 0 Å². The predicted molar refractivity (Wildman–Crippen MR) is 110 cm³/mol. The lowest BCUT2D eigenvalue weighted by Crippen LogP contribution is -2.59. The topological polar surface area (TPSA) is 115 Å². The van der Waals surface area contributed by atoms with Gasteiger partial charge in [0.1, 0.15) is 6.54 Å². The summed E-state index contributed by atoms with van der Waals surface area (Å²) in [6, 6.07) is 0. The number of carboxylic acids is 3. The average molecular weight is 416 g/mol. The second kappa shape index (κ2) is 17.2. The first kappa shape index (κ1) is 27.4. The quantitative estimate of drug-likeness (QED) is 0.220. The second-order valence-corrected chi connectivity index (χ2v) is 8.30. The van der Waals surface area contributed by atoms with Gasteiger partial charge in [-0.15, -0.1) is 0 Å². The number of rotatable bonds is 21. The zero-order valence-electron chi connectivity index (χ0n) is 18.2. The number of quaternary nitrogens is 1. The molecule has 0 aromatic carbocycles. The van der Waals surface area contributed by atoms with Gasteiger partial charge in [-0.25, -0.2) is 9.59 Å². The van der Waals surface area contributed by atoms with Crippen LogP contribution in [0.5, 0.6) is 0 Å². The van der Waals surface area contributed by atoms with Crippen molar-refractivity contribution < 1.29 is 34.2 Å². The van der Waals surface area contributed by atoms with Crippen LogP contribution in [-0.4, -0.2) is 58.8 Å². The number of hydrogen-bond acceptors (Lipinski definition) is 4. The minimum atomic E-state index is -1.42. The first-order valence-electron chi connectivity index (χ1n) is 11.3. The van der Waals surface area contributed by atoms with Crippen molar-refractivity contribution in [2.45, 2.75) is 96.8 Å². The number of carboxylic acid groups (broad SMARTS) is 3. The van der Waals surface area contributed by atoms with Gasteiger partial charge in [0.25, 0.3) is 0 Å². The van der Waals surface area contributed by atoms with Gasteiger partial charge in [-0.1, -0.05) is 84.0 Å². The summed E-state index contributed by atoms with van der Waals surface area (Å²) in [6.45, 7) is 0.842. The van der Waals surface area contributed by atoms with Gasteiger partial charge in [-0.3, -0.25) is 0 Å². The Balaban J connectivity index is 3.93. The van der Waals surface area contributed by atoms with Crippen molar-refractivity contribution in [2.75, 3.05) is 26.2 Å². The van der Waals surface area contributed by atoms with E-state index in [4.69, 9.17) is 10.2 Å². The SMILES string of the molecule is CCCCCCCCCCCCCCCC[N+](CC(=O)[O-])(CC(=O)O)CC(=O)O. The Morgan fingerprint density at radius 2 is 0.966 bits per heavy atom. The summed E-state index contributed by atoms with van der Waals surface area (Å²) in [5, 5.41) is 29.1. The number of carbonyl (C=O) groups is 3. The maximum atomic E-state index is 11.1. The van der Waals surface area contributed by atoms with Gasteiger partial charge in [0, 0.05) is 0 Å². The summed E-state index contributed by atoms with van der Waals surface area (Å²) in [6.07, 6.45) is 16.6. The Morgan fingerprint density at radius 3 is 1.28 bits per heavy atom. The standard InChI is InChI=1S/C22H41NO6/c1-2-3-4-5-6-7-8-9-10-11-12-13-14-15-16-23(17-20(24)25,18-21(26)27)19-22(28)29/h2-19H2,1H3,(H2-,24,25,26,27,28,29). The smallest absolute Gasteiger partial charge is 0.359 e. The van der Waals surface area contributed by atoms with Crippen molar-refractivity contribution in [3.63, 3.8) is 0 Å². The first-order chi connectivity index (χ1) is 13.8. The zero-order chi connectivity index (χ0) is 22.0. The van der Waals surface area contributed by atoms with Gasteiger partial charge in [0.05, 0.1) is 12.5 Å². The molecule has 0 aliphatic carbocycles. The van der Waals surface area contributed by atoms with Crippen molar-refractivity contribution in [2.24, 2.45) is 0 Å². The average Bonchev–Trinajstić information content (AvgIpc) is 2.60. The predicted octanol–water partition coefficient (Wildman–Crippen LogP) is 3.20. The summed E-state index contributed by atoms with van der Waals surface area (Å²) in [4.78, 5) is 33.2. The number of carbonyl (C=O) groups excluding carboxylic acids is 1. The normalized spacial score (nSPS) is 11.5. The molecule has 29 heavy (non-hydrogen) atoms.